The maximum Gasteiger partial charge on any atom is 0.214 e. The minimum atomic E-state index is 0.541. The number of rotatable bonds is 1. The minimum absolute atomic E-state index is 0.541. The van der Waals surface area contributed by atoms with Crippen molar-refractivity contribution >= 4 is 11.2 Å². The van der Waals surface area contributed by atoms with Gasteiger partial charge in [-0.3, -0.25) is 0 Å². The molecule has 3 aromatic rings. The summed E-state index contributed by atoms with van der Waals surface area (Å²) in [6.07, 6.45) is 5.10. The number of aromatic nitrogens is 4. The number of nitrogens with one attached hydrogen (secondary N) is 1. The van der Waals surface area contributed by atoms with Crippen LogP contribution in [0.1, 0.15) is 25.1 Å². The highest BCUT2D eigenvalue weighted by atomic mass is 16.5. The van der Waals surface area contributed by atoms with Crippen LogP contribution in [-0.4, -0.2) is 27.0 Å². The van der Waals surface area contributed by atoms with Gasteiger partial charge < -0.3 is 9.72 Å². The van der Waals surface area contributed by atoms with Crippen LogP contribution in [0.5, 0.6) is 5.88 Å². The molecule has 0 unspecified atom stereocenters. The van der Waals surface area contributed by atoms with Crippen LogP contribution in [0.25, 0.3) is 11.2 Å². The van der Waals surface area contributed by atoms with E-state index in [0.717, 1.165) is 16.7 Å². The average molecular weight is 280 g/mol. The standard InChI is InChI=1S/C14H10N4O.C2H6/c1-19-13-8-10(4-6-15-13)2-3-11-9-17-14-12(18-11)5-7-16-14;1-2/h4-9H,1H3,(H,16,17);1-2H3. The first kappa shape index (κ1) is 14.5. The smallest absolute Gasteiger partial charge is 0.214 e. The lowest BCUT2D eigenvalue weighted by molar-refractivity contribution is 0.398. The van der Waals surface area contributed by atoms with Gasteiger partial charge in [-0.2, -0.15) is 0 Å². The Morgan fingerprint density at radius 1 is 1.14 bits per heavy atom. The molecule has 0 amide bonds. The van der Waals surface area contributed by atoms with E-state index in [4.69, 9.17) is 4.74 Å². The second-order valence-electron chi connectivity index (χ2n) is 3.80. The van der Waals surface area contributed by atoms with Gasteiger partial charge in [0.2, 0.25) is 5.88 Å². The van der Waals surface area contributed by atoms with Crippen molar-refractivity contribution in [1.29, 1.82) is 0 Å². The summed E-state index contributed by atoms with van der Waals surface area (Å²) in [5.74, 6) is 6.52. The van der Waals surface area contributed by atoms with Crippen LogP contribution in [-0.2, 0) is 0 Å². The number of nitrogens with zero attached hydrogens (tertiary/aromatic N) is 3. The lowest BCUT2D eigenvalue weighted by Gasteiger charge is -1.96. The highest BCUT2D eigenvalue weighted by Crippen LogP contribution is 2.08. The maximum atomic E-state index is 5.04. The zero-order valence-corrected chi connectivity index (χ0v) is 12.2. The number of methoxy groups -OCH3 is 1. The number of hydrogen-bond donors (Lipinski definition) is 1. The van der Waals surface area contributed by atoms with E-state index in [0.29, 0.717) is 11.6 Å². The van der Waals surface area contributed by atoms with Crippen molar-refractivity contribution in [2.24, 2.45) is 0 Å². The van der Waals surface area contributed by atoms with E-state index in [2.05, 4.69) is 31.8 Å². The van der Waals surface area contributed by atoms with Gasteiger partial charge in [0, 0.05) is 24.0 Å². The molecule has 0 radical (unpaired) electrons. The Morgan fingerprint density at radius 2 is 2.00 bits per heavy atom. The SMILES string of the molecule is CC.COc1cc(C#Cc2cnc3[nH]ccc3n2)ccn1. The van der Waals surface area contributed by atoms with Crippen LogP contribution in [0.3, 0.4) is 0 Å². The van der Waals surface area contributed by atoms with Gasteiger partial charge in [-0.1, -0.05) is 19.8 Å². The van der Waals surface area contributed by atoms with Gasteiger partial charge in [-0.05, 0) is 18.1 Å². The molecule has 106 valence electrons. The maximum absolute atomic E-state index is 5.04. The molecular weight excluding hydrogens is 264 g/mol. The van der Waals surface area contributed by atoms with Crippen molar-refractivity contribution in [3.8, 4) is 17.7 Å². The number of pyridine rings is 1. The Balaban J connectivity index is 0.000000774. The molecule has 0 saturated heterocycles. The predicted octanol–water partition coefficient (Wildman–Crippen LogP) is 2.79. The number of fused-ring (bicyclic) bond motifs is 1. The van der Waals surface area contributed by atoms with Crippen LogP contribution in [0, 0.1) is 11.8 Å². The summed E-state index contributed by atoms with van der Waals surface area (Å²) in [5, 5.41) is 0. The zero-order valence-electron chi connectivity index (χ0n) is 12.2. The third kappa shape index (κ3) is 3.57. The average Bonchev–Trinajstić information content (AvgIpc) is 3.02. The first-order chi connectivity index (χ1) is 10.3. The number of H-pyrrole nitrogens is 1. The molecule has 5 nitrogen and oxygen atoms in total. The molecular formula is C16H16N4O. The quantitative estimate of drug-likeness (QED) is 0.696. The molecule has 0 aliphatic rings. The molecule has 5 heteroatoms. The normalized spacial score (nSPS) is 9.29. The van der Waals surface area contributed by atoms with Crippen molar-refractivity contribution < 1.29 is 4.74 Å². The van der Waals surface area contributed by atoms with E-state index in [-0.39, 0.29) is 0 Å². The van der Waals surface area contributed by atoms with Crippen molar-refractivity contribution in [2.45, 2.75) is 13.8 Å². The second-order valence-corrected chi connectivity index (χ2v) is 3.80. The van der Waals surface area contributed by atoms with Crippen molar-refractivity contribution in [3.05, 3.63) is 48.0 Å². The molecule has 0 spiro atoms. The van der Waals surface area contributed by atoms with Crippen molar-refractivity contribution in [2.75, 3.05) is 7.11 Å². The van der Waals surface area contributed by atoms with E-state index in [1.54, 1.807) is 31.8 Å². The molecule has 3 aromatic heterocycles. The van der Waals surface area contributed by atoms with Crippen LogP contribution >= 0.6 is 0 Å². The molecule has 0 atom stereocenters. The van der Waals surface area contributed by atoms with Gasteiger partial charge in [0.25, 0.3) is 0 Å². The van der Waals surface area contributed by atoms with E-state index < -0.39 is 0 Å². The van der Waals surface area contributed by atoms with Gasteiger partial charge in [0.1, 0.15) is 11.2 Å². The Morgan fingerprint density at radius 3 is 2.81 bits per heavy atom. The van der Waals surface area contributed by atoms with Crippen LogP contribution in [0.2, 0.25) is 0 Å². The summed E-state index contributed by atoms with van der Waals surface area (Å²) >= 11 is 0. The molecule has 0 saturated carbocycles. The van der Waals surface area contributed by atoms with Gasteiger partial charge in [0.15, 0.2) is 5.65 Å². The van der Waals surface area contributed by atoms with Crippen molar-refractivity contribution in [1.82, 2.24) is 19.9 Å². The van der Waals surface area contributed by atoms with Gasteiger partial charge in [-0.25, -0.2) is 15.0 Å². The fourth-order valence-corrected chi connectivity index (χ4v) is 1.63. The van der Waals surface area contributed by atoms with Crippen LogP contribution in [0.15, 0.2) is 36.8 Å². The molecule has 3 heterocycles. The molecule has 0 aromatic carbocycles. The number of ether oxygens (including phenoxy) is 1. The minimum Gasteiger partial charge on any atom is -0.481 e. The molecule has 21 heavy (non-hydrogen) atoms. The Labute approximate surface area is 123 Å². The highest BCUT2D eigenvalue weighted by molar-refractivity contribution is 5.70. The van der Waals surface area contributed by atoms with Gasteiger partial charge in [0.05, 0.1) is 13.3 Å². The molecule has 0 aliphatic carbocycles. The number of aromatic amines is 1. The van der Waals surface area contributed by atoms with Crippen LogP contribution in [0.4, 0.5) is 0 Å². The summed E-state index contributed by atoms with van der Waals surface area (Å²) in [6.45, 7) is 4.00. The van der Waals surface area contributed by atoms with Gasteiger partial charge in [-0.15, -0.1) is 0 Å². The third-order valence-corrected chi connectivity index (χ3v) is 2.54. The Hall–Kier alpha value is -2.87. The number of hydrogen-bond acceptors (Lipinski definition) is 4. The van der Waals surface area contributed by atoms with Gasteiger partial charge >= 0.3 is 0 Å². The molecule has 0 aliphatic heterocycles. The Bertz CT molecular complexity index is 783. The summed E-state index contributed by atoms with van der Waals surface area (Å²) in [5.41, 5.74) is 3.01. The third-order valence-electron chi connectivity index (χ3n) is 2.54. The second kappa shape index (κ2) is 7.06. The predicted molar refractivity (Wildman–Crippen MR) is 82.0 cm³/mol. The Kier molecular flexibility index (Phi) is 4.89. The zero-order chi connectivity index (χ0) is 15.1. The first-order valence-corrected chi connectivity index (χ1v) is 6.67. The summed E-state index contributed by atoms with van der Waals surface area (Å²) < 4.78 is 5.04. The van der Waals surface area contributed by atoms with Crippen LogP contribution < -0.4 is 4.74 Å². The fourth-order valence-electron chi connectivity index (χ4n) is 1.63. The lowest BCUT2D eigenvalue weighted by atomic mass is 10.2. The molecule has 3 rings (SSSR count). The highest BCUT2D eigenvalue weighted by Gasteiger charge is 1.98. The summed E-state index contributed by atoms with van der Waals surface area (Å²) in [7, 11) is 1.57. The monoisotopic (exact) mass is 280 g/mol. The van der Waals surface area contributed by atoms with E-state index in [1.807, 2.05) is 26.0 Å². The molecule has 0 fully saturated rings. The van der Waals surface area contributed by atoms with E-state index >= 15 is 0 Å². The molecule has 1 N–H and O–H groups in total. The lowest BCUT2D eigenvalue weighted by Crippen LogP contribution is -1.88. The molecule has 0 bridgehead atoms. The summed E-state index contributed by atoms with van der Waals surface area (Å²) in [4.78, 5) is 15.6. The van der Waals surface area contributed by atoms with E-state index in [1.165, 1.54) is 0 Å². The first-order valence-electron chi connectivity index (χ1n) is 6.67. The fraction of sp³-hybridized carbons (Fsp3) is 0.188. The van der Waals surface area contributed by atoms with E-state index in [9.17, 15) is 0 Å². The van der Waals surface area contributed by atoms with Crippen molar-refractivity contribution in [3.63, 3.8) is 0 Å². The summed E-state index contributed by atoms with van der Waals surface area (Å²) in [6, 6.07) is 5.45. The topological polar surface area (TPSA) is 63.7 Å². The largest absolute Gasteiger partial charge is 0.481 e.